The van der Waals surface area contributed by atoms with Crippen LogP contribution in [0.3, 0.4) is 0 Å². The molecule has 1 aromatic carbocycles. The lowest BCUT2D eigenvalue weighted by molar-refractivity contribution is -0.385. The third kappa shape index (κ3) is 4.01. The average molecular weight is 293 g/mol. The largest absolute Gasteiger partial charge is 0.355 e. The second kappa shape index (κ2) is 7.37. The molecule has 7 heteroatoms. The van der Waals surface area contributed by atoms with Crippen LogP contribution in [0.15, 0.2) is 18.2 Å². The molecule has 1 N–H and O–H groups in total. The highest BCUT2D eigenvalue weighted by Crippen LogP contribution is 2.22. The highest BCUT2D eigenvalue weighted by Gasteiger charge is 2.22. The Hall–Kier alpha value is -2.44. The van der Waals surface area contributed by atoms with Crippen molar-refractivity contribution in [1.82, 2.24) is 10.2 Å². The minimum atomic E-state index is -0.522. The maximum absolute atomic E-state index is 12.4. The van der Waals surface area contributed by atoms with Gasteiger partial charge < -0.3 is 10.2 Å². The van der Waals surface area contributed by atoms with Crippen molar-refractivity contribution in [1.29, 1.82) is 0 Å². The molecule has 1 aromatic rings. The molecule has 0 spiro atoms. The number of benzene rings is 1. The molecular formula is C14H19N3O4. The van der Waals surface area contributed by atoms with Crippen molar-refractivity contribution in [3.63, 3.8) is 0 Å². The lowest BCUT2D eigenvalue weighted by atomic mass is 10.1. The first-order valence-corrected chi connectivity index (χ1v) is 6.72. The predicted octanol–water partition coefficient (Wildman–Crippen LogP) is 1.50. The Kier molecular flexibility index (Phi) is 5.83. The van der Waals surface area contributed by atoms with E-state index in [4.69, 9.17) is 0 Å². The van der Waals surface area contributed by atoms with Crippen LogP contribution >= 0.6 is 0 Å². The van der Waals surface area contributed by atoms with Gasteiger partial charge in [-0.25, -0.2) is 0 Å². The minimum absolute atomic E-state index is 0.0642. The zero-order valence-electron chi connectivity index (χ0n) is 12.4. The number of amides is 2. The molecule has 2 amide bonds. The molecule has 0 bridgehead atoms. The number of carbonyl (C=O) groups is 2. The van der Waals surface area contributed by atoms with Gasteiger partial charge in [0.2, 0.25) is 5.91 Å². The van der Waals surface area contributed by atoms with E-state index in [0.29, 0.717) is 18.7 Å². The summed E-state index contributed by atoms with van der Waals surface area (Å²) in [5.41, 5.74) is 0.451. The number of nitrogens with one attached hydrogen (secondary N) is 1. The molecule has 0 aliphatic carbocycles. The van der Waals surface area contributed by atoms with Crippen LogP contribution in [0, 0.1) is 17.0 Å². The van der Waals surface area contributed by atoms with E-state index < -0.39 is 4.92 Å². The molecule has 21 heavy (non-hydrogen) atoms. The van der Waals surface area contributed by atoms with Crippen molar-refractivity contribution < 1.29 is 14.5 Å². The number of likely N-dealkylation sites (N-methyl/N-ethyl adjacent to an activating group) is 2. The summed E-state index contributed by atoms with van der Waals surface area (Å²) in [6, 6.07) is 4.36. The molecule has 0 aromatic heterocycles. The molecular weight excluding hydrogens is 274 g/mol. The van der Waals surface area contributed by atoms with Crippen LogP contribution in [0.5, 0.6) is 0 Å². The molecule has 7 nitrogen and oxygen atoms in total. The van der Waals surface area contributed by atoms with Crippen LogP contribution in [0.1, 0.15) is 29.8 Å². The Morgan fingerprint density at radius 3 is 2.52 bits per heavy atom. The van der Waals surface area contributed by atoms with E-state index in [1.807, 2.05) is 0 Å². The zero-order chi connectivity index (χ0) is 16.0. The third-order valence-corrected chi connectivity index (χ3v) is 3.11. The fourth-order valence-electron chi connectivity index (χ4n) is 1.98. The van der Waals surface area contributed by atoms with Crippen molar-refractivity contribution in [2.75, 3.05) is 19.6 Å². The fraction of sp³-hybridized carbons (Fsp3) is 0.429. The van der Waals surface area contributed by atoms with Crippen LogP contribution in [0.25, 0.3) is 0 Å². The number of rotatable bonds is 6. The second-order valence-electron chi connectivity index (χ2n) is 4.48. The zero-order valence-corrected chi connectivity index (χ0v) is 12.4. The summed E-state index contributed by atoms with van der Waals surface area (Å²) in [6.45, 7) is 5.85. The van der Waals surface area contributed by atoms with Crippen LogP contribution < -0.4 is 5.32 Å². The second-order valence-corrected chi connectivity index (χ2v) is 4.48. The van der Waals surface area contributed by atoms with Gasteiger partial charge in [0, 0.05) is 30.3 Å². The molecule has 0 saturated carbocycles. The first-order chi connectivity index (χ1) is 9.92. The standard InChI is InChI=1S/C14H19N3O4/c1-4-15-13(18)9-16(5-2)14(19)11-7-6-8-12(10(11)3)17(20)21/h6-8H,4-5,9H2,1-3H3,(H,15,18). The number of carbonyl (C=O) groups excluding carboxylic acids is 2. The number of hydrogen-bond donors (Lipinski definition) is 1. The van der Waals surface area contributed by atoms with Gasteiger partial charge in [-0.1, -0.05) is 6.07 Å². The van der Waals surface area contributed by atoms with Gasteiger partial charge in [0.05, 0.1) is 11.5 Å². The molecule has 0 fully saturated rings. The van der Waals surface area contributed by atoms with Crippen LogP contribution in [-0.2, 0) is 4.79 Å². The molecule has 0 heterocycles. The molecule has 0 radical (unpaired) electrons. The monoisotopic (exact) mass is 293 g/mol. The number of nitrogens with zero attached hydrogens (tertiary/aromatic N) is 2. The Bertz CT molecular complexity index is 557. The summed E-state index contributed by atoms with van der Waals surface area (Å²) in [5, 5.41) is 13.5. The number of nitro groups is 1. The molecule has 0 unspecified atom stereocenters. The van der Waals surface area contributed by atoms with Gasteiger partial charge in [0.1, 0.15) is 0 Å². The summed E-state index contributed by atoms with van der Waals surface area (Å²) in [7, 11) is 0. The summed E-state index contributed by atoms with van der Waals surface area (Å²) in [4.78, 5) is 35.8. The van der Waals surface area contributed by atoms with Crippen LogP contribution in [-0.4, -0.2) is 41.3 Å². The van der Waals surface area contributed by atoms with Gasteiger partial charge in [-0.05, 0) is 26.8 Å². The van der Waals surface area contributed by atoms with Crippen molar-refractivity contribution in [3.8, 4) is 0 Å². The van der Waals surface area contributed by atoms with Gasteiger partial charge in [-0.3, -0.25) is 19.7 Å². The van der Waals surface area contributed by atoms with E-state index in [2.05, 4.69) is 5.32 Å². The maximum atomic E-state index is 12.4. The third-order valence-electron chi connectivity index (χ3n) is 3.11. The summed E-state index contributed by atoms with van der Waals surface area (Å²) in [5.74, 6) is -0.638. The highest BCUT2D eigenvalue weighted by atomic mass is 16.6. The molecule has 0 saturated heterocycles. The van der Waals surface area contributed by atoms with Crippen LogP contribution in [0.2, 0.25) is 0 Å². The normalized spacial score (nSPS) is 10.0. The summed E-state index contributed by atoms with van der Waals surface area (Å²) < 4.78 is 0. The van der Waals surface area contributed by atoms with Gasteiger partial charge in [-0.15, -0.1) is 0 Å². The summed E-state index contributed by atoms with van der Waals surface area (Å²) >= 11 is 0. The topological polar surface area (TPSA) is 92.6 Å². The van der Waals surface area contributed by atoms with Crippen molar-refractivity contribution >= 4 is 17.5 Å². The van der Waals surface area contributed by atoms with Gasteiger partial charge in [0.15, 0.2) is 0 Å². The van der Waals surface area contributed by atoms with E-state index in [1.165, 1.54) is 30.0 Å². The summed E-state index contributed by atoms with van der Waals surface area (Å²) in [6.07, 6.45) is 0. The van der Waals surface area contributed by atoms with E-state index in [0.717, 1.165) is 0 Å². The van der Waals surface area contributed by atoms with Gasteiger partial charge in [-0.2, -0.15) is 0 Å². The van der Waals surface area contributed by atoms with Gasteiger partial charge >= 0.3 is 0 Å². The van der Waals surface area contributed by atoms with Gasteiger partial charge in [0.25, 0.3) is 11.6 Å². The van der Waals surface area contributed by atoms with Crippen molar-refractivity contribution in [2.24, 2.45) is 0 Å². The predicted molar refractivity (Wildman–Crippen MR) is 78.1 cm³/mol. The Morgan fingerprint density at radius 1 is 1.33 bits per heavy atom. The molecule has 0 atom stereocenters. The Morgan fingerprint density at radius 2 is 2.00 bits per heavy atom. The SMILES string of the molecule is CCNC(=O)CN(CC)C(=O)c1cccc([N+](=O)[O-])c1C. The highest BCUT2D eigenvalue weighted by molar-refractivity contribution is 5.98. The first-order valence-electron chi connectivity index (χ1n) is 6.72. The smallest absolute Gasteiger partial charge is 0.273 e. The molecule has 0 aliphatic heterocycles. The lowest BCUT2D eigenvalue weighted by Gasteiger charge is -2.21. The van der Waals surface area contributed by atoms with E-state index in [1.54, 1.807) is 13.8 Å². The number of nitro benzene ring substituents is 1. The average Bonchev–Trinajstić information content (AvgIpc) is 2.44. The lowest BCUT2D eigenvalue weighted by Crippen LogP contribution is -2.40. The fourth-order valence-corrected chi connectivity index (χ4v) is 1.98. The van der Waals surface area contributed by atoms with E-state index >= 15 is 0 Å². The molecule has 1 rings (SSSR count). The first kappa shape index (κ1) is 16.6. The van der Waals surface area contributed by atoms with Crippen molar-refractivity contribution in [3.05, 3.63) is 39.4 Å². The number of hydrogen-bond acceptors (Lipinski definition) is 4. The van der Waals surface area contributed by atoms with E-state index in [-0.39, 0.29) is 29.6 Å². The van der Waals surface area contributed by atoms with Crippen LogP contribution in [0.4, 0.5) is 5.69 Å². The maximum Gasteiger partial charge on any atom is 0.273 e. The Balaban J connectivity index is 3.03. The van der Waals surface area contributed by atoms with E-state index in [9.17, 15) is 19.7 Å². The Labute approximate surface area is 123 Å². The molecule has 0 aliphatic rings. The molecule has 114 valence electrons. The van der Waals surface area contributed by atoms with Crippen molar-refractivity contribution in [2.45, 2.75) is 20.8 Å². The minimum Gasteiger partial charge on any atom is -0.355 e. The quantitative estimate of drug-likeness (QED) is 0.635.